The Morgan fingerprint density at radius 3 is 2.40 bits per heavy atom. The number of carbonyl (C=O) groups is 3. The van der Waals surface area contributed by atoms with Gasteiger partial charge in [0.1, 0.15) is 42.7 Å². The second kappa shape index (κ2) is 14.2. The molecule has 3 rings (SSSR count). The van der Waals surface area contributed by atoms with Crippen LogP contribution in [-0.4, -0.2) is 105 Å². The topological polar surface area (TPSA) is 228 Å². The Morgan fingerprint density at radius 2 is 1.86 bits per heavy atom. The lowest BCUT2D eigenvalue weighted by Gasteiger charge is -2.43. The molecule has 14 heteroatoms. The molecule has 0 radical (unpaired) electrons. The molecule has 3 heterocycles. The molecule has 1 fully saturated rings. The number of hydrogen-bond donors (Lipinski definition) is 7. The Balaban J connectivity index is 1.90. The van der Waals surface area contributed by atoms with E-state index in [4.69, 9.17) is 14.2 Å². The van der Waals surface area contributed by atoms with E-state index in [1.54, 1.807) is 0 Å². The molecule has 232 valence electrons. The minimum Gasteiger partial charge on any atom is -0.545 e. The number of aliphatic carboxylic acids is 3. The van der Waals surface area contributed by atoms with Crippen LogP contribution in [0.2, 0.25) is 0 Å². The van der Waals surface area contributed by atoms with Gasteiger partial charge in [-0.1, -0.05) is 32.1 Å². The zero-order valence-corrected chi connectivity index (χ0v) is 23.1. The fourth-order valence-corrected chi connectivity index (χ4v) is 5.14. The number of hydrogen-bond acceptors (Lipinski definition) is 11. The van der Waals surface area contributed by atoms with Gasteiger partial charge in [-0.3, -0.25) is 4.90 Å². The minimum atomic E-state index is -1.74. The van der Waals surface area contributed by atoms with Crippen molar-refractivity contribution in [3.8, 4) is 0 Å². The van der Waals surface area contributed by atoms with Crippen molar-refractivity contribution in [2.24, 2.45) is 17.8 Å². The van der Waals surface area contributed by atoms with Crippen LogP contribution in [0.5, 0.6) is 0 Å². The Bertz CT molecular complexity index is 1160. The lowest BCUT2D eigenvalue weighted by Crippen LogP contribution is -3.13. The monoisotopic (exact) mass is 595 g/mol. The summed E-state index contributed by atoms with van der Waals surface area (Å²) in [5.74, 6) is -5.84. The lowest BCUT2D eigenvalue weighted by molar-refractivity contribution is -0.861. The van der Waals surface area contributed by atoms with Crippen LogP contribution in [0.1, 0.15) is 20.3 Å². The molecule has 0 aromatic rings. The minimum absolute atomic E-state index is 0.0251. The smallest absolute Gasteiger partial charge is 0.362 e. The fraction of sp³-hybridized carbons (Fsp3) is 0.536. The Kier molecular flexibility index (Phi) is 11.2. The Labute approximate surface area is 241 Å². The van der Waals surface area contributed by atoms with Crippen LogP contribution in [0, 0.1) is 17.8 Å². The molecule has 42 heavy (non-hydrogen) atoms. The summed E-state index contributed by atoms with van der Waals surface area (Å²) in [5, 5.41) is 71.3. The van der Waals surface area contributed by atoms with Gasteiger partial charge in [-0.25, -0.2) is 9.59 Å². The molecule has 10 atom stereocenters. The van der Waals surface area contributed by atoms with Gasteiger partial charge in [-0.15, -0.1) is 6.58 Å². The summed E-state index contributed by atoms with van der Waals surface area (Å²) < 4.78 is 16.5. The molecule has 1 unspecified atom stereocenters. The highest BCUT2D eigenvalue weighted by Gasteiger charge is 2.47. The van der Waals surface area contributed by atoms with E-state index >= 15 is 0 Å². The molecule has 3 aliphatic heterocycles. The molecule has 1 saturated heterocycles. The summed E-state index contributed by atoms with van der Waals surface area (Å²) in [6, 6.07) is -0.921. The third-order valence-corrected chi connectivity index (χ3v) is 7.35. The molecule has 0 aromatic carbocycles. The first-order valence-electron chi connectivity index (χ1n) is 13.4. The van der Waals surface area contributed by atoms with Gasteiger partial charge in [0, 0.05) is 29.4 Å². The number of carbonyl (C=O) groups excluding carboxylic acids is 1. The number of carboxylic acid groups (broad SMARTS) is 3. The average molecular weight is 596 g/mol. The van der Waals surface area contributed by atoms with Crippen LogP contribution in [-0.2, 0) is 28.6 Å². The van der Waals surface area contributed by atoms with Crippen LogP contribution in [0.4, 0.5) is 0 Å². The molecule has 0 spiro atoms. The van der Waals surface area contributed by atoms with Crippen molar-refractivity contribution in [1.29, 1.82) is 0 Å². The van der Waals surface area contributed by atoms with E-state index < -0.39 is 79.4 Å². The van der Waals surface area contributed by atoms with Crippen LogP contribution in [0.25, 0.3) is 0 Å². The molecular formula is C28H37NO13. The number of ether oxygens (including phenoxy) is 3. The van der Waals surface area contributed by atoms with Gasteiger partial charge in [0.15, 0.2) is 12.3 Å². The normalized spacial score (nSPS) is 34.2. The van der Waals surface area contributed by atoms with Crippen LogP contribution in [0.3, 0.4) is 0 Å². The maximum absolute atomic E-state index is 12.0. The summed E-state index contributed by atoms with van der Waals surface area (Å²) in [4.78, 5) is 36.2. The summed E-state index contributed by atoms with van der Waals surface area (Å²) in [7, 11) is 0. The highest BCUT2D eigenvalue weighted by atomic mass is 16.8. The van der Waals surface area contributed by atoms with E-state index in [1.807, 2.05) is 13.8 Å². The van der Waals surface area contributed by atoms with Crippen LogP contribution >= 0.6 is 0 Å². The molecule has 7 N–H and O–H groups in total. The first-order chi connectivity index (χ1) is 19.8. The summed E-state index contributed by atoms with van der Waals surface area (Å²) in [6.45, 7) is 6.85. The number of carboxylic acids is 3. The van der Waals surface area contributed by atoms with E-state index in [1.165, 1.54) is 30.5 Å². The second-order valence-corrected chi connectivity index (χ2v) is 10.8. The largest absolute Gasteiger partial charge is 0.545 e. The highest BCUT2D eigenvalue weighted by Crippen LogP contribution is 2.35. The molecule has 3 aliphatic rings. The van der Waals surface area contributed by atoms with Crippen molar-refractivity contribution in [2.75, 3.05) is 13.2 Å². The van der Waals surface area contributed by atoms with Gasteiger partial charge >= 0.3 is 11.9 Å². The van der Waals surface area contributed by atoms with Gasteiger partial charge in [-0.2, -0.15) is 0 Å². The predicted molar refractivity (Wildman–Crippen MR) is 140 cm³/mol. The quantitative estimate of drug-likeness (QED) is 0.112. The predicted octanol–water partition coefficient (Wildman–Crippen LogP) is -2.94. The van der Waals surface area contributed by atoms with Crippen molar-refractivity contribution in [3.63, 3.8) is 0 Å². The van der Waals surface area contributed by atoms with Gasteiger partial charge in [-0.05, 0) is 12.0 Å². The fourth-order valence-electron chi connectivity index (χ4n) is 5.14. The van der Waals surface area contributed by atoms with Gasteiger partial charge < -0.3 is 54.8 Å². The number of aliphatic hydroxyl groups is 4. The molecule has 0 bridgehead atoms. The maximum atomic E-state index is 12.0. The van der Waals surface area contributed by atoms with E-state index in [0.29, 0.717) is 10.5 Å². The first-order valence-corrected chi connectivity index (χ1v) is 13.4. The third-order valence-electron chi connectivity index (χ3n) is 7.35. The molecule has 0 amide bonds. The van der Waals surface area contributed by atoms with E-state index in [-0.39, 0.29) is 30.0 Å². The van der Waals surface area contributed by atoms with E-state index in [9.17, 15) is 50.1 Å². The zero-order valence-electron chi connectivity index (χ0n) is 23.1. The second-order valence-electron chi connectivity index (χ2n) is 10.8. The highest BCUT2D eigenvalue weighted by molar-refractivity contribution is 5.90. The summed E-state index contributed by atoms with van der Waals surface area (Å²) in [6.07, 6.45) is -1.08. The van der Waals surface area contributed by atoms with Gasteiger partial charge in [0.25, 0.3) is 0 Å². The number of nitrogens with one attached hydrogen (secondary N) is 1. The number of rotatable bonds is 12. The van der Waals surface area contributed by atoms with E-state index in [2.05, 4.69) is 6.58 Å². The lowest BCUT2D eigenvalue weighted by atomic mass is 9.83. The van der Waals surface area contributed by atoms with Gasteiger partial charge in [0.2, 0.25) is 6.29 Å². The van der Waals surface area contributed by atoms with Crippen molar-refractivity contribution >= 4 is 17.9 Å². The average Bonchev–Trinajstić information content (AvgIpc) is 2.94. The van der Waals surface area contributed by atoms with Crippen molar-refractivity contribution in [1.82, 2.24) is 0 Å². The van der Waals surface area contributed by atoms with Crippen molar-refractivity contribution in [2.45, 2.75) is 63.3 Å². The van der Waals surface area contributed by atoms with Crippen LogP contribution in [0.15, 0.2) is 60.1 Å². The maximum Gasteiger partial charge on any atom is 0.362 e. The molecule has 0 aliphatic carbocycles. The van der Waals surface area contributed by atoms with Crippen LogP contribution < -0.4 is 10.0 Å². The number of aliphatic hydroxyl groups excluding tert-OH is 4. The number of quaternary nitrogens is 1. The SMILES string of the molecule is C=C[C@H]1[C@H](O[C@@H]2O[C@H](CO)[C@@H](O)[C@H](O)[C@H]2O)OC=C(C(=O)[O-])[C@H]1/C=C/C1=CC(C(=O)O)=C[NH+]([C@@H](CC(C)C)C(=O)O)C1. The zero-order chi connectivity index (χ0) is 31.3. The standard InChI is InChI=1S/C28H37NO13/c1-4-16-17(6-5-14-8-15(24(34)35)10-29(9-14)19(26(38)39)7-13(2)3)18(25(36)37)12-40-27(16)42-28-23(33)22(32)21(31)20(11-30)41-28/h4-6,8,10,12-13,16-17,19-23,27-28,30-33H,1,7,9,11H2,2-3H3,(H,34,35)(H,36,37)(H,38,39)/b6-5+/t16-,17+,19+,20-,21-,22+,23-,27+,28+/m1/s1. The van der Waals surface area contributed by atoms with Crippen molar-refractivity contribution < 1.29 is 69.2 Å². The molecular weight excluding hydrogens is 558 g/mol. The summed E-state index contributed by atoms with van der Waals surface area (Å²) in [5.41, 5.74) is -0.0152. The molecule has 0 aromatic heterocycles. The van der Waals surface area contributed by atoms with Crippen molar-refractivity contribution in [3.05, 3.63) is 60.1 Å². The van der Waals surface area contributed by atoms with Gasteiger partial charge in [0.05, 0.1) is 18.8 Å². The number of allylic oxidation sites excluding steroid dienone is 1. The summed E-state index contributed by atoms with van der Waals surface area (Å²) >= 11 is 0. The Hall–Kier alpha value is -3.37. The Morgan fingerprint density at radius 1 is 1.17 bits per heavy atom. The van der Waals surface area contributed by atoms with E-state index in [0.717, 1.165) is 6.26 Å². The first kappa shape index (κ1) is 33.1. The third kappa shape index (κ3) is 7.52. The molecule has 14 nitrogen and oxygen atoms in total. The molecule has 0 saturated carbocycles.